The molecular weight excluding hydrogens is 532 g/mol. The normalized spacial score (nSPS) is 21.8. The molecule has 16 heavy (non-hydrogen) atoms. The zero-order valence-electron chi connectivity index (χ0n) is 8.85. The first kappa shape index (κ1) is 16.1. The van der Waals surface area contributed by atoms with E-state index in [0.717, 1.165) is 10.5 Å². The fourth-order valence-electron chi connectivity index (χ4n) is 0.935. The monoisotopic (exact) mass is 546 g/mol. The van der Waals surface area contributed by atoms with Gasteiger partial charge in [0.25, 0.3) is 0 Å². The second kappa shape index (κ2) is 10.5. The van der Waals surface area contributed by atoms with E-state index < -0.39 is 0 Å². The van der Waals surface area contributed by atoms with E-state index in [1.54, 1.807) is 0 Å². The number of hydrogen-bond donors (Lipinski definition) is 0. The van der Waals surface area contributed by atoms with Gasteiger partial charge in [0.05, 0.1) is 0 Å². The van der Waals surface area contributed by atoms with Crippen LogP contribution < -0.4 is 0 Å². The summed E-state index contributed by atoms with van der Waals surface area (Å²) in [6.45, 7) is 0. The van der Waals surface area contributed by atoms with Crippen molar-refractivity contribution >= 4 is 96.5 Å². The predicted molar refractivity (Wildman–Crippen MR) is 96.6 cm³/mol. The zero-order chi connectivity index (χ0) is 11.1. The van der Waals surface area contributed by atoms with Crippen molar-refractivity contribution in [3.63, 3.8) is 0 Å². The Morgan fingerprint density at radius 3 is 1.56 bits per heavy atom. The van der Waals surface area contributed by atoms with E-state index in [1.165, 1.54) is 34.5 Å². The molecule has 2 heterocycles. The molecule has 0 aliphatic carbocycles. The van der Waals surface area contributed by atoms with Crippen LogP contribution >= 0.6 is 58.9 Å². The molecule has 0 saturated carbocycles. The molecular formula is C8H16S6Sb2. The van der Waals surface area contributed by atoms with Gasteiger partial charge in [-0.15, -0.1) is 0 Å². The first-order chi connectivity index (χ1) is 7.95. The van der Waals surface area contributed by atoms with Crippen molar-refractivity contribution in [1.29, 1.82) is 0 Å². The van der Waals surface area contributed by atoms with Crippen LogP contribution in [0.25, 0.3) is 0 Å². The van der Waals surface area contributed by atoms with Crippen LogP contribution in [0.1, 0.15) is 0 Å². The first-order valence-electron chi connectivity index (χ1n) is 5.15. The van der Waals surface area contributed by atoms with E-state index in [9.17, 15) is 0 Å². The molecule has 0 unspecified atom stereocenters. The van der Waals surface area contributed by atoms with Crippen LogP contribution in [-0.2, 0) is 0 Å². The Morgan fingerprint density at radius 1 is 0.812 bits per heavy atom. The van der Waals surface area contributed by atoms with Gasteiger partial charge in [-0.2, -0.15) is 0 Å². The van der Waals surface area contributed by atoms with Gasteiger partial charge < -0.3 is 0 Å². The summed E-state index contributed by atoms with van der Waals surface area (Å²) in [5.74, 6) is 8.72. The Labute approximate surface area is 139 Å². The van der Waals surface area contributed by atoms with E-state index in [-0.39, 0.29) is 37.6 Å². The maximum absolute atomic E-state index is 2.35. The zero-order valence-corrected chi connectivity index (χ0v) is 19.5. The topological polar surface area (TPSA) is 0 Å². The third kappa shape index (κ3) is 6.95. The average Bonchev–Trinajstić information content (AvgIpc) is 2.15. The van der Waals surface area contributed by atoms with Crippen molar-refractivity contribution in [2.24, 2.45) is 0 Å². The Hall–Kier alpha value is 3.74. The van der Waals surface area contributed by atoms with Gasteiger partial charge in [-0.3, -0.25) is 0 Å². The molecule has 0 aromatic heterocycles. The van der Waals surface area contributed by atoms with Gasteiger partial charge in [0.2, 0.25) is 0 Å². The fourth-order valence-corrected chi connectivity index (χ4v) is 33.0. The SMILES string of the molecule is C(C[S][SbH][S]C1CSC1)[S][SbH][S]C1CSC1. The van der Waals surface area contributed by atoms with Crippen molar-refractivity contribution in [1.82, 2.24) is 0 Å². The third-order valence-electron chi connectivity index (χ3n) is 2.05. The molecule has 2 aliphatic heterocycles. The van der Waals surface area contributed by atoms with Crippen molar-refractivity contribution in [2.45, 2.75) is 10.5 Å². The van der Waals surface area contributed by atoms with Crippen LogP contribution in [0.4, 0.5) is 0 Å². The molecule has 0 radical (unpaired) electrons. The summed E-state index contributed by atoms with van der Waals surface area (Å²) in [4.78, 5) is 0. The van der Waals surface area contributed by atoms with Crippen molar-refractivity contribution in [3.8, 4) is 0 Å². The number of thioether (sulfide) groups is 2. The molecule has 2 rings (SSSR count). The molecule has 2 aliphatic rings. The van der Waals surface area contributed by atoms with E-state index in [1.807, 2.05) is 0 Å². The second-order valence-corrected chi connectivity index (χ2v) is 27.6. The van der Waals surface area contributed by atoms with Crippen molar-refractivity contribution < 1.29 is 0 Å². The molecule has 0 aromatic carbocycles. The van der Waals surface area contributed by atoms with E-state index in [4.69, 9.17) is 0 Å². The minimum absolute atomic E-state index is 0.0835. The van der Waals surface area contributed by atoms with Crippen LogP contribution in [0.2, 0.25) is 0 Å². The standard InChI is InChI=1S/2C3H6S2.C2H6S2.2Sb.2H/c2*4-3-1-5-2-3;3-1-2-4;;;;/h2*3-4H,1-2H2;3-4H,1-2H2;;;;/q;;;2*+2;;/p-4. The van der Waals surface area contributed by atoms with E-state index in [2.05, 4.69) is 58.9 Å². The Bertz CT molecular complexity index is 167. The van der Waals surface area contributed by atoms with E-state index in [0.29, 0.717) is 0 Å². The maximum atomic E-state index is 2.35. The van der Waals surface area contributed by atoms with Crippen molar-refractivity contribution in [2.75, 3.05) is 34.5 Å². The molecule has 0 atom stereocenters. The predicted octanol–water partition coefficient (Wildman–Crippen LogP) is 2.68. The summed E-state index contributed by atoms with van der Waals surface area (Å²) < 4.78 is 0. The molecule has 2 fully saturated rings. The quantitative estimate of drug-likeness (QED) is 0.319. The third-order valence-corrected chi connectivity index (χ3v) is 29.8. The van der Waals surface area contributed by atoms with Crippen molar-refractivity contribution in [3.05, 3.63) is 0 Å². The summed E-state index contributed by atoms with van der Waals surface area (Å²) >= 11 is 4.08. The minimum atomic E-state index is -0.0835. The first-order valence-corrected chi connectivity index (χ1v) is 25.2. The molecule has 0 bridgehead atoms. The summed E-state index contributed by atoms with van der Waals surface area (Å²) in [6, 6.07) is 0. The van der Waals surface area contributed by atoms with Gasteiger partial charge in [0.1, 0.15) is 0 Å². The number of rotatable bonds is 9. The molecule has 0 nitrogen and oxygen atoms in total. The Kier molecular flexibility index (Phi) is 10.5. The van der Waals surface area contributed by atoms with Gasteiger partial charge in [0.15, 0.2) is 0 Å². The fraction of sp³-hybridized carbons (Fsp3) is 1.00. The molecule has 8 heteroatoms. The second-order valence-electron chi connectivity index (χ2n) is 3.42. The molecule has 0 spiro atoms. The van der Waals surface area contributed by atoms with Crippen LogP contribution in [0.15, 0.2) is 0 Å². The molecule has 0 N–H and O–H groups in total. The van der Waals surface area contributed by atoms with E-state index >= 15 is 0 Å². The van der Waals surface area contributed by atoms with Gasteiger partial charge in [-0.1, -0.05) is 0 Å². The van der Waals surface area contributed by atoms with Crippen LogP contribution in [0, 0.1) is 0 Å². The summed E-state index contributed by atoms with van der Waals surface area (Å²) in [7, 11) is 9.36. The average molecular weight is 548 g/mol. The van der Waals surface area contributed by atoms with Crippen LogP contribution in [-0.4, -0.2) is 82.6 Å². The van der Waals surface area contributed by atoms with Crippen LogP contribution in [0.3, 0.4) is 0 Å². The molecule has 0 amide bonds. The summed E-state index contributed by atoms with van der Waals surface area (Å²) in [5.41, 5.74) is 0. The van der Waals surface area contributed by atoms with Gasteiger partial charge >= 0.3 is 142 Å². The Morgan fingerprint density at radius 2 is 1.25 bits per heavy atom. The van der Waals surface area contributed by atoms with Gasteiger partial charge in [-0.05, 0) is 0 Å². The molecule has 94 valence electrons. The summed E-state index contributed by atoms with van der Waals surface area (Å²) in [6.07, 6.45) is 0. The summed E-state index contributed by atoms with van der Waals surface area (Å²) in [5, 5.41) is 2.14. The molecule has 0 aromatic rings. The molecule has 2 saturated heterocycles. The van der Waals surface area contributed by atoms with Gasteiger partial charge in [-0.25, -0.2) is 0 Å². The van der Waals surface area contributed by atoms with Crippen LogP contribution in [0.5, 0.6) is 0 Å². The Balaban J connectivity index is 1.27. The van der Waals surface area contributed by atoms with Gasteiger partial charge in [0, 0.05) is 0 Å². The number of hydrogen-bond acceptors (Lipinski definition) is 6.